The van der Waals surface area contributed by atoms with Crippen molar-refractivity contribution in [3.63, 3.8) is 0 Å². The Balaban J connectivity index is 1.88. The number of benzene rings is 2. The molecule has 0 radical (unpaired) electrons. The molecule has 2 heterocycles. The Morgan fingerprint density at radius 1 is 0.962 bits per heavy atom. The molecule has 4 nitrogen and oxygen atoms in total. The minimum Gasteiger partial charge on any atom is -0.292 e. The molecule has 0 amide bonds. The van der Waals surface area contributed by atoms with Gasteiger partial charge in [-0.2, -0.15) is 0 Å². The highest BCUT2D eigenvalue weighted by Gasteiger charge is 2.15. The lowest BCUT2D eigenvalue weighted by Crippen LogP contribution is -2.38. The van der Waals surface area contributed by atoms with E-state index in [0.29, 0.717) is 22.4 Å². The van der Waals surface area contributed by atoms with Gasteiger partial charge in [-0.3, -0.25) is 9.36 Å². The first-order valence-corrected chi connectivity index (χ1v) is 9.37. The van der Waals surface area contributed by atoms with Crippen LogP contribution in [0.4, 0.5) is 0 Å². The van der Waals surface area contributed by atoms with Gasteiger partial charge in [0.15, 0.2) is 0 Å². The second kappa shape index (κ2) is 6.77. The third-order valence-corrected chi connectivity index (χ3v) is 5.37. The van der Waals surface area contributed by atoms with Gasteiger partial charge in [0.2, 0.25) is 0 Å². The quantitative estimate of drug-likeness (QED) is 0.555. The summed E-state index contributed by atoms with van der Waals surface area (Å²) in [7, 11) is 0. The van der Waals surface area contributed by atoms with Crippen LogP contribution in [0.15, 0.2) is 75.6 Å². The van der Waals surface area contributed by atoms with Crippen molar-refractivity contribution in [2.45, 2.75) is 19.9 Å². The topological polar surface area (TPSA) is 44.0 Å². The zero-order valence-electron chi connectivity index (χ0n) is 14.4. The third kappa shape index (κ3) is 2.91. The first-order chi connectivity index (χ1) is 12.6. The average molecular weight is 362 g/mol. The Kier molecular flexibility index (Phi) is 4.31. The Hall–Kier alpha value is -2.92. The normalized spacial score (nSPS) is 11.1. The first-order valence-electron chi connectivity index (χ1n) is 8.49. The summed E-state index contributed by atoms with van der Waals surface area (Å²) in [4.78, 5) is 26.1. The Morgan fingerprint density at radius 2 is 1.77 bits per heavy atom. The number of rotatable bonds is 4. The third-order valence-electron chi connectivity index (χ3n) is 4.48. The van der Waals surface area contributed by atoms with E-state index >= 15 is 0 Å². The van der Waals surface area contributed by atoms with Gasteiger partial charge in [0.1, 0.15) is 4.70 Å². The fourth-order valence-electron chi connectivity index (χ4n) is 3.18. The Labute approximate surface area is 154 Å². The SMILES string of the molecule is Cc1cccc(-n2c(=O)c3sccc3n(CCc3ccccc3)c2=O)c1. The first kappa shape index (κ1) is 16.5. The number of fused-ring (bicyclic) bond motifs is 1. The minimum atomic E-state index is -0.289. The molecule has 0 aliphatic carbocycles. The fraction of sp³-hybridized carbons (Fsp3) is 0.143. The summed E-state index contributed by atoms with van der Waals surface area (Å²) in [6.07, 6.45) is 0.734. The lowest BCUT2D eigenvalue weighted by molar-refractivity contribution is 0.650. The molecule has 4 aromatic rings. The Morgan fingerprint density at radius 3 is 2.54 bits per heavy atom. The van der Waals surface area contributed by atoms with Crippen LogP contribution in [0.5, 0.6) is 0 Å². The molecule has 0 saturated heterocycles. The van der Waals surface area contributed by atoms with Gasteiger partial charge in [-0.25, -0.2) is 9.36 Å². The summed E-state index contributed by atoms with van der Waals surface area (Å²) < 4.78 is 3.61. The van der Waals surface area contributed by atoms with E-state index in [1.54, 1.807) is 10.6 Å². The van der Waals surface area contributed by atoms with Gasteiger partial charge < -0.3 is 0 Å². The van der Waals surface area contributed by atoms with Crippen molar-refractivity contribution in [1.29, 1.82) is 0 Å². The molecule has 0 unspecified atom stereocenters. The highest BCUT2D eigenvalue weighted by atomic mass is 32.1. The van der Waals surface area contributed by atoms with Gasteiger partial charge in [0, 0.05) is 6.54 Å². The van der Waals surface area contributed by atoms with Crippen molar-refractivity contribution in [2.24, 2.45) is 0 Å². The van der Waals surface area contributed by atoms with Crippen molar-refractivity contribution >= 4 is 21.6 Å². The van der Waals surface area contributed by atoms with Crippen LogP contribution >= 0.6 is 11.3 Å². The number of nitrogens with zero attached hydrogens (tertiary/aromatic N) is 2. The maximum Gasteiger partial charge on any atom is 0.336 e. The van der Waals surface area contributed by atoms with Crippen molar-refractivity contribution in [2.75, 3.05) is 0 Å². The number of aryl methyl sites for hydroxylation is 3. The molecule has 2 aromatic heterocycles. The van der Waals surface area contributed by atoms with E-state index in [4.69, 9.17) is 0 Å². The molecule has 2 aromatic carbocycles. The van der Waals surface area contributed by atoms with E-state index in [1.807, 2.05) is 66.9 Å². The van der Waals surface area contributed by atoms with E-state index in [0.717, 1.165) is 17.5 Å². The van der Waals surface area contributed by atoms with E-state index < -0.39 is 0 Å². The molecule has 0 fully saturated rings. The summed E-state index contributed by atoms with van der Waals surface area (Å²) in [6, 6.07) is 19.4. The summed E-state index contributed by atoms with van der Waals surface area (Å²) >= 11 is 1.38. The lowest BCUT2D eigenvalue weighted by atomic mass is 10.1. The smallest absolute Gasteiger partial charge is 0.292 e. The zero-order chi connectivity index (χ0) is 18.1. The highest BCUT2D eigenvalue weighted by Crippen LogP contribution is 2.17. The highest BCUT2D eigenvalue weighted by molar-refractivity contribution is 7.17. The van der Waals surface area contributed by atoms with Crippen LogP contribution in [-0.2, 0) is 13.0 Å². The van der Waals surface area contributed by atoms with Gasteiger partial charge in [-0.15, -0.1) is 11.3 Å². The number of thiophene rings is 1. The van der Waals surface area contributed by atoms with Crippen LogP contribution in [-0.4, -0.2) is 9.13 Å². The monoisotopic (exact) mass is 362 g/mol. The van der Waals surface area contributed by atoms with Crippen molar-refractivity contribution in [3.05, 3.63) is 98.0 Å². The van der Waals surface area contributed by atoms with Gasteiger partial charge >= 0.3 is 5.69 Å². The standard InChI is InChI=1S/C21H18N2O2S/c1-15-6-5-9-17(14-15)23-20(24)19-18(11-13-26-19)22(21(23)25)12-10-16-7-3-2-4-8-16/h2-9,11,13-14H,10,12H2,1H3. The van der Waals surface area contributed by atoms with E-state index in [9.17, 15) is 9.59 Å². The lowest BCUT2D eigenvalue weighted by Gasteiger charge is -2.12. The van der Waals surface area contributed by atoms with Crippen molar-refractivity contribution in [3.8, 4) is 5.69 Å². The van der Waals surface area contributed by atoms with Crippen LogP contribution in [0.3, 0.4) is 0 Å². The molecule has 130 valence electrons. The second-order valence-corrected chi connectivity index (χ2v) is 7.20. The van der Waals surface area contributed by atoms with Crippen LogP contribution in [0.25, 0.3) is 15.9 Å². The largest absolute Gasteiger partial charge is 0.336 e. The molecular weight excluding hydrogens is 344 g/mol. The molecule has 5 heteroatoms. The molecule has 0 atom stereocenters. The number of aromatic nitrogens is 2. The van der Waals surface area contributed by atoms with Gasteiger partial charge in [-0.05, 0) is 48.1 Å². The molecule has 0 spiro atoms. The summed E-state index contributed by atoms with van der Waals surface area (Å²) in [5.41, 5.74) is 2.96. The average Bonchev–Trinajstić information content (AvgIpc) is 3.13. The van der Waals surface area contributed by atoms with Crippen LogP contribution in [0, 0.1) is 6.92 Å². The number of hydrogen-bond acceptors (Lipinski definition) is 3. The van der Waals surface area contributed by atoms with E-state index in [2.05, 4.69) is 0 Å². The van der Waals surface area contributed by atoms with E-state index in [-0.39, 0.29) is 11.2 Å². The van der Waals surface area contributed by atoms with Gasteiger partial charge in [0.05, 0.1) is 11.2 Å². The van der Waals surface area contributed by atoms with E-state index in [1.165, 1.54) is 15.9 Å². The predicted molar refractivity (Wildman–Crippen MR) is 107 cm³/mol. The summed E-state index contributed by atoms with van der Waals surface area (Å²) in [6.45, 7) is 2.48. The molecule has 0 bridgehead atoms. The molecule has 0 aliphatic heterocycles. The predicted octanol–water partition coefficient (Wildman–Crippen LogP) is 3.77. The van der Waals surface area contributed by atoms with Crippen LogP contribution in [0.1, 0.15) is 11.1 Å². The molecule has 0 saturated carbocycles. The van der Waals surface area contributed by atoms with Gasteiger partial charge in [0.25, 0.3) is 5.56 Å². The Bertz CT molecular complexity index is 1190. The van der Waals surface area contributed by atoms with Gasteiger partial charge in [-0.1, -0.05) is 42.5 Å². The minimum absolute atomic E-state index is 0.249. The molecule has 26 heavy (non-hydrogen) atoms. The van der Waals surface area contributed by atoms with Crippen LogP contribution in [0.2, 0.25) is 0 Å². The molecule has 4 rings (SSSR count). The van der Waals surface area contributed by atoms with Crippen LogP contribution < -0.4 is 11.2 Å². The maximum atomic E-state index is 13.2. The zero-order valence-corrected chi connectivity index (χ0v) is 15.2. The number of hydrogen-bond donors (Lipinski definition) is 0. The molecule has 0 N–H and O–H groups in total. The second-order valence-electron chi connectivity index (χ2n) is 6.28. The summed E-state index contributed by atoms with van der Waals surface area (Å²) in [5, 5.41) is 1.87. The molecule has 0 aliphatic rings. The maximum absolute atomic E-state index is 13.2. The fourth-order valence-corrected chi connectivity index (χ4v) is 4.01. The van der Waals surface area contributed by atoms with Crippen molar-refractivity contribution in [1.82, 2.24) is 9.13 Å². The summed E-state index contributed by atoms with van der Waals surface area (Å²) in [5.74, 6) is 0. The molecular formula is C21H18N2O2S. The van der Waals surface area contributed by atoms with Crippen molar-refractivity contribution < 1.29 is 0 Å².